The molecule has 344 valence electrons. The van der Waals surface area contributed by atoms with Crippen LogP contribution in [0.3, 0.4) is 0 Å². The Hall–Kier alpha value is -7.96. The zero-order valence-electron chi connectivity index (χ0n) is 39.9. The average molecular weight is 958 g/mol. The van der Waals surface area contributed by atoms with Crippen molar-refractivity contribution in [3.05, 3.63) is 254 Å². The predicted molar refractivity (Wildman–Crippen MR) is 309 cm³/mol. The molecule has 72 heavy (non-hydrogen) atoms. The summed E-state index contributed by atoms with van der Waals surface area (Å²) in [5.74, 6) is 0.332. The highest BCUT2D eigenvalue weighted by molar-refractivity contribution is 7.25. The van der Waals surface area contributed by atoms with Gasteiger partial charge in [-0.25, -0.2) is 0 Å². The maximum atomic E-state index is 2.80. The normalized spacial score (nSPS) is 16.9. The number of nitrogens with zero attached hydrogens (tertiary/aromatic N) is 3. The van der Waals surface area contributed by atoms with Crippen molar-refractivity contribution in [2.75, 3.05) is 4.90 Å². The van der Waals surface area contributed by atoms with Gasteiger partial charge in [-0.05, 0) is 119 Å². The topological polar surface area (TPSA) is 13.1 Å². The van der Waals surface area contributed by atoms with Gasteiger partial charge in [0.2, 0.25) is 0 Å². The fourth-order valence-corrected chi connectivity index (χ4v) is 19.6. The van der Waals surface area contributed by atoms with E-state index in [1.54, 1.807) is 0 Å². The summed E-state index contributed by atoms with van der Waals surface area (Å²) in [7, 11) is -2.85. The largest absolute Gasteiger partial charge is 0.337 e. The van der Waals surface area contributed by atoms with Crippen LogP contribution in [0.1, 0.15) is 42.3 Å². The number of rotatable bonds is 8. The van der Waals surface area contributed by atoms with Crippen molar-refractivity contribution in [1.82, 2.24) is 9.13 Å². The van der Waals surface area contributed by atoms with E-state index in [-0.39, 0.29) is 6.04 Å². The number of aromatic nitrogens is 2. The van der Waals surface area contributed by atoms with E-state index in [2.05, 4.69) is 257 Å². The Kier molecular flexibility index (Phi) is 9.61. The van der Waals surface area contributed by atoms with Gasteiger partial charge in [0, 0.05) is 87.8 Å². The quantitative estimate of drug-likeness (QED) is 0.109. The number of thiophene rings is 1. The first kappa shape index (κ1) is 41.8. The summed E-state index contributed by atoms with van der Waals surface area (Å²) in [6, 6.07) is 94.1. The number of hydrogen-bond acceptors (Lipinski definition) is 2. The lowest BCUT2D eigenvalue weighted by Crippen LogP contribution is -2.69. The molecule has 13 aromatic rings. The molecule has 3 nitrogen and oxygen atoms in total. The van der Waals surface area contributed by atoms with Gasteiger partial charge >= 0.3 is 0 Å². The molecule has 0 saturated heterocycles. The number of anilines is 2. The lowest BCUT2D eigenvalue weighted by Gasteiger charge is -2.39. The van der Waals surface area contributed by atoms with E-state index in [0.717, 1.165) is 18.9 Å². The van der Waals surface area contributed by atoms with Crippen molar-refractivity contribution in [1.29, 1.82) is 0 Å². The van der Waals surface area contributed by atoms with E-state index >= 15 is 0 Å². The van der Waals surface area contributed by atoms with Crippen LogP contribution in [-0.4, -0.2) is 23.2 Å². The second-order valence-corrected chi connectivity index (χ2v) is 25.2. The molecule has 0 bridgehead atoms. The second kappa shape index (κ2) is 16.6. The van der Waals surface area contributed by atoms with Crippen molar-refractivity contribution >= 4 is 110 Å². The highest BCUT2D eigenvalue weighted by Crippen LogP contribution is 2.56. The highest BCUT2D eigenvalue weighted by Gasteiger charge is 2.47. The van der Waals surface area contributed by atoms with Crippen LogP contribution in [0.4, 0.5) is 11.4 Å². The molecule has 0 amide bonds. The van der Waals surface area contributed by atoms with Gasteiger partial charge in [-0.2, -0.15) is 0 Å². The molecule has 1 aliphatic heterocycles. The Balaban J connectivity index is 0.914. The average Bonchev–Trinajstić information content (AvgIpc) is 4.19. The maximum absolute atomic E-state index is 2.85. The molecule has 0 N–H and O–H groups in total. The molecule has 1 saturated carbocycles. The van der Waals surface area contributed by atoms with Crippen molar-refractivity contribution in [3.8, 4) is 5.69 Å². The fourth-order valence-electron chi connectivity index (χ4n) is 13.8. The van der Waals surface area contributed by atoms with Gasteiger partial charge in [-0.1, -0.05) is 176 Å². The molecule has 3 unspecified atom stereocenters. The Morgan fingerprint density at radius 3 is 1.76 bits per heavy atom. The SMILES string of the molecule is c1ccc([Si](Cc2cccc3c2c2ccccc2n3C2CCCC3C2c2ccccc2N3c2ccc3sc4ccccc4c3c2)(c2ccccc2)c2cccc(-n3c4ccccc4c4ccccc43)c2)cc1. The zero-order chi connectivity index (χ0) is 47.3. The van der Waals surface area contributed by atoms with Crippen molar-refractivity contribution < 1.29 is 0 Å². The van der Waals surface area contributed by atoms with Crippen molar-refractivity contribution in [2.45, 2.75) is 43.3 Å². The minimum Gasteiger partial charge on any atom is -0.337 e. The van der Waals surface area contributed by atoms with E-state index in [4.69, 9.17) is 0 Å². The Labute approximate surface area is 424 Å². The van der Waals surface area contributed by atoms with Gasteiger partial charge in [-0.15, -0.1) is 11.3 Å². The molecule has 2 aliphatic rings. The summed E-state index contributed by atoms with van der Waals surface area (Å²) < 4.78 is 8.00. The summed E-state index contributed by atoms with van der Waals surface area (Å²) in [6.07, 6.45) is 3.47. The third kappa shape index (κ3) is 6.20. The standard InChI is InChI=1S/C67H51N3SSi/c1-3-22-48(23-4-1)72(49-24-5-2-6-25-49,50-26-18-21-46(42-50)68-57-32-12-7-27-51(57)52-28-8-13-33-58(52)68)44-45-20-17-36-61-66(45)54-30-9-15-35-60(54)70(61)63-38-19-37-62-67(63)55-31-10-14-34-59(55)69(62)47-40-41-65-56(43-47)53-29-11-16-39-64(53)71-65/h1-18,20-36,39-43,62-63,67H,19,37-38,44H2. The van der Waals surface area contributed by atoms with Crippen LogP contribution in [0, 0.1) is 0 Å². The first-order valence-electron chi connectivity index (χ1n) is 25.7. The van der Waals surface area contributed by atoms with Crippen molar-refractivity contribution in [2.24, 2.45) is 0 Å². The van der Waals surface area contributed by atoms with E-state index < -0.39 is 8.07 Å². The third-order valence-electron chi connectivity index (χ3n) is 16.7. The number of fused-ring (bicyclic) bond motifs is 12. The molecule has 4 heterocycles. The van der Waals surface area contributed by atoms with E-state index in [0.29, 0.717) is 12.0 Å². The zero-order valence-corrected chi connectivity index (χ0v) is 41.7. The van der Waals surface area contributed by atoms with E-state index in [9.17, 15) is 0 Å². The van der Waals surface area contributed by atoms with Gasteiger partial charge in [0.1, 0.15) is 0 Å². The van der Waals surface area contributed by atoms with Gasteiger partial charge in [-0.3, -0.25) is 0 Å². The minimum atomic E-state index is -2.85. The fraction of sp³-hybridized carbons (Fsp3) is 0.104. The van der Waals surface area contributed by atoms with Crippen LogP contribution in [0.5, 0.6) is 0 Å². The lowest BCUT2D eigenvalue weighted by molar-refractivity contribution is 0.295. The monoisotopic (exact) mass is 957 g/mol. The van der Waals surface area contributed by atoms with Crippen LogP contribution < -0.4 is 20.5 Å². The van der Waals surface area contributed by atoms with Crippen LogP contribution in [0.15, 0.2) is 243 Å². The Bertz CT molecular complexity index is 4130. The smallest absolute Gasteiger partial charge is 0.152 e. The first-order chi connectivity index (χ1) is 35.7. The van der Waals surface area contributed by atoms with Gasteiger partial charge in [0.15, 0.2) is 8.07 Å². The highest BCUT2D eigenvalue weighted by atomic mass is 32.1. The molecular weight excluding hydrogens is 907 g/mol. The van der Waals surface area contributed by atoms with Crippen molar-refractivity contribution in [3.63, 3.8) is 0 Å². The summed E-state index contributed by atoms with van der Waals surface area (Å²) >= 11 is 1.90. The van der Waals surface area contributed by atoms with E-state index in [1.807, 2.05) is 11.3 Å². The summed E-state index contributed by atoms with van der Waals surface area (Å²) in [5, 5.41) is 12.3. The minimum absolute atomic E-state index is 0.284. The van der Waals surface area contributed by atoms with Gasteiger partial charge in [0.05, 0.1) is 11.0 Å². The number of benzene rings is 10. The van der Waals surface area contributed by atoms with Gasteiger partial charge < -0.3 is 14.0 Å². The second-order valence-electron chi connectivity index (χ2n) is 20.2. The Morgan fingerprint density at radius 1 is 0.417 bits per heavy atom. The molecule has 0 spiro atoms. The maximum Gasteiger partial charge on any atom is 0.152 e. The summed E-state index contributed by atoms with van der Waals surface area (Å²) in [5.41, 5.74) is 11.9. The molecule has 3 atom stereocenters. The predicted octanol–water partition coefficient (Wildman–Crippen LogP) is 15.5. The third-order valence-corrected chi connectivity index (χ3v) is 22.7. The Morgan fingerprint density at radius 2 is 1.00 bits per heavy atom. The molecule has 1 aliphatic carbocycles. The number of para-hydroxylation sites is 4. The molecule has 3 aromatic heterocycles. The molecular formula is C67H51N3SSi. The molecule has 0 radical (unpaired) electrons. The van der Waals surface area contributed by atoms with Crippen LogP contribution in [0.2, 0.25) is 0 Å². The molecule has 5 heteroatoms. The molecule has 1 fully saturated rings. The van der Waals surface area contributed by atoms with Crippen LogP contribution in [0.25, 0.3) is 69.5 Å². The molecule has 10 aromatic carbocycles. The first-order valence-corrected chi connectivity index (χ1v) is 28.8. The molecule has 15 rings (SSSR count). The van der Waals surface area contributed by atoms with Crippen LogP contribution >= 0.6 is 11.3 Å². The van der Waals surface area contributed by atoms with Crippen LogP contribution in [-0.2, 0) is 6.04 Å². The summed E-state index contributed by atoms with van der Waals surface area (Å²) in [4.78, 5) is 2.73. The number of hydrogen-bond donors (Lipinski definition) is 0. The summed E-state index contributed by atoms with van der Waals surface area (Å²) in [6.45, 7) is 0. The lowest BCUT2D eigenvalue weighted by atomic mass is 9.78. The van der Waals surface area contributed by atoms with E-state index in [1.165, 1.54) is 114 Å². The van der Waals surface area contributed by atoms with Gasteiger partial charge in [0.25, 0.3) is 0 Å².